The van der Waals surface area contributed by atoms with Gasteiger partial charge in [-0.25, -0.2) is 4.79 Å². The van der Waals surface area contributed by atoms with Gasteiger partial charge in [-0.15, -0.1) is 0 Å². The highest BCUT2D eigenvalue weighted by Gasteiger charge is 2.43. The summed E-state index contributed by atoms with van der Waals surface area (Å²) in [5, 5.41) is 12.0. The molecule has 1 heterocycles. The molecule has 1 fully saturated rings. The molecule has 4 rings (SSSR count). The molecular weight excluding hydrogens is 448 g/mol. The molecule has 0 radical (unpaired) electrons. The van der Waals surface area contributed by atoms with Gasteiger partial charge in [0.05, 0.1) is 12.0 Å². The lowest BCUT2D eigenvalue weighted by molar-refractivity contribution is -0.155. The summed E-state index contributed by atoms with van der Waals surface area (Å²) in [4.78, 5) is 38.8. The first kappa shape index (κ1) is 24.7. The third kappa shape index (κ3) is 5.32. The van der Waals surface area contributed by atoms with Crippen molar-refractivity contribution in [1.29, 1.82) is 0 Å². The van der Waals surface area contributed by atoms with Crippen LogP contribution in [0.15, 0.2) is 48.5 Å². The molecule has 2 aliphatic rings. The molecule has 1 atom stereocenters. The molecule has 2 aromatic carbocycles. The normalized spacial score (nSPS) is 18.9. The Morgan fingerprint density at radius 3 is 2.34 bits per heavy atom. The number of hydrogen-bond donors (Lipinski definition) is 2. The molecule has 0 bridgehead atoms. The Labute approximate surface area is 205 Å². The summed E-state index contributed by atoms with van der Waals surface area (Å²) >= 11 is 0. The molecule has 1 saturated heterocycles. The topological polar surface area (TPSA) is 105 Å². The van der Waals surface area contributed by atoms with Crippen LogP contribution in [0, 0.1) is 5.41 Å². The molecule has 1 unspecified atom stereocenters. The molecule has 2 aromatic rings. The van der Waals surface area contributed by atoms with Gasteiger partial charge in [0.15, 0.2) is 0 Å². The van der Waals surface area contributed by atoms with Crippen molar-refractivity contribution in [2.75, 3.05) is 39.5 Å². The number of nitrogens with zero attached hydrogens (tertiary/aromatic N) is 1. The van der Waals surface area contributed by atoms with E-state index < -0.39 is 17.5 Å². The number of aliphatic carboxylic acids is 1. The molecule has 8 nitrogen and oxygen atoms in total. The third-order valence-corrected chi connectivity index (χ3v) is 6.80. The summed E-state index contributed by atoms with van der Waals surface area (Å²) in [6.45, 7) is 2.72. The van der Waals surface area contributed by atoms with Crippen LogP contribution in [0.25, 0.3) is 11.1 Å². The number of ether oxygens (including phenoxy) is 2. The van der Waals surface area contributed by atoms with Crippen molar-refractivity contribution in [3.8, 4) is 11.1 Å². The number of benzene rings is 2. The highest BCUT2D eigenvalue weighted by molar-refractivity contribution is 5.87. The first-order valence-electron chi connectivity index (χ1n) is 12.1. The second-order valence-electron chi connectivity index (χ2n) is 9.24. The predicted molar refractivity (Wildman–Crippen MR) is 130 cm³/mol. The van der Waals surface area contributed by atoms with Crippen LogP contribution in [0.5, 0.6) is 0 Å². The highest BCUT2D eigenvalue weighted by Crippen LogP contribution is 2.44. The Balaban J connectivity index is 1.42. The van der Waals surface area contributed by atoms with E-state index in [4.69, 9.17) is 9.47 Å². The summed E-state index contributed by atoms with van der Waals surface area (Å²) in [5.41, 5.74) is 3.54. The van der Waals surface area contributed by atoms with Crippen molar-refractivity contribution >= 4 is 18.0 Å². The van der Waals surface area contributed by atoms with Gasteiger partial charge in [-0.3, -0.25) is 9.59 Å². The Bertz CT molecular complexity index is 1030. The molecule has 35 heavy (non-hydrogen) atoms. The van der Waals surface area contributed by atoms with Gasteiger partial charge in [-0.1, -0.05) is 55.5 Å². The summed E-state index contributed by atoms with van der Waals surface area (Å²) in [6.07, 6.45) is 1.20. The van der Waals surface area contributed by atoms with E-state index in [9.17, 15) is 19.5 Å². The van der Waals surface area contributed by atoms with Crippen molar-refractivity contribution in [3.05, 3.63) is 59.7 Å². The van der Waals surface area contributed by atoms with E-state index in [1.165, 1.54) is 4.90 Å². The standard InChI is InChI=1S/C27H32N2O6/c1-2-13-29(15-24(30)31)25(32)27(12-7-14-34-18-27)17-28-26(33)35-16-23-21-10-5-3-8-19(21)20-9-4-6-11-22(20)23/h3-6,8-11,23H,2,7,12-18H2,1H3,(H,28,33)(H,30,31). The van der Waals surface area contributed by atoms with E-state index in [1.807, 2.05) is 31.2 Å². The fraction of sp³-hybridized carbons (Fsp3) is 0.444. The fourth-order valence-corrected chi connectivity index (χ4v) is 5.15. The average molecular weight is 481 g/mol. The molecular formula is C27H32N2O6. The zero-order valence-corrected chi connectivity index (χ0v) is 20.0. The molecule has 2 N–H and O–H groups in total. The summed E-state index contributed by atoms with van der Waals surface area (Å²) in [6, 6.07) is 16.2. The maximum Gasteiger partial charge on any atom is 0.407 e. The SMILES string of the molecule is CCCN(CC(=O)O)C(=O)C1(CNC(=O)OCC2c3ccccc3-c3ccccc32)CCCOC1. The number of rotatable bonds is 9. The largest absolute Gasteiger partial charge is 0.480 e. The monoisotopic (exact) mass is 480 g/mol. The maximum absolute atomic E-state index is 13.4. The minimum atomic E-state index is -1.07. The van der Waals surface area contributed by atoms with Gasteiger partial charge >= 0.3 is 12.1 Å². The number of hydrogen-bond acceptors (Lipinski definition) is 5. The molecule has 8 heteroatoms. The number of fused-ring (bicyclic) bond motifs is 3. The lowest BCUT2D eigenvalue weighted by Gasteiger charge is -2.39. The fourth-order valence-electron chi connectivity index (χ4n) is 5.15. The minimum absolute atomic E-state index is 0.0301. The summed E-state index contributed by atoms with van der Waals surface area (Å²) < 4.78 is 11.2. The van der Waals surface area contributed by atoms with Crippen LogP contribution in [0.4, 0.5) is 4.79 Å². The van der Waals surface area contributed by atoms with Gasteiger partial charge in [0.2, 0.25) is 5.91 Å². The van der Waals surface area contributed by atoms with Crippen molar-refractivity contribution in [1.82, 2.24) is 10.2 Å². The van der Waals surface area contributed by atoms with Gasteiger partial charge in [-0.05, 0) is 41.5 Å². The van der Waals surface area contributed by atoms with Crippen LogP contribution < -0.4 is 5.32 Å². The van der Waals surface area contributed by atoms with E-state index in [-0.39, 0.29) is 38.1 Å². The van der Waals surface area contributed by atoms with Crippen LogP contribution in [0.2, 0.25) is 0 Å². The predicted octanol–water partition coefficient (Wildman–Crippen LogP) is 3.65. The first-order chi connectivity index (χ1) is 16.9. The van der Waals surface area contributed by atoms with Gasteiger partial charge < -0.3 is 24.8 Å². The highest BCUT2D eigenvalue weighted by atomic mass is 16.5. The Morgan fingerprint density at radius 1 is 1.11 bits per heavy atom. The van der Waals surface area contributed by atoms with Crippen molar-refractivity contribution < 1.29 is 29.0 Å². The second-order valence-corrected chi connectivity index (χ2v) is 9.24. The van der Waals surface area contributed by atoms with Crippen LogP contribution in [0.3, 0.4) is 0 Å². The van der Waals surface area contributed by atoms with Gasteiger partial charge in [0.1, 0.15) is 13.2 Å². The number of nitrogens with one attached hydrogen (secondary N) is 1. The van der Waals surface area contributed by atoms with Crippen LogP contribution in [0.1, 0.15) is 43.2 Å². The second kappa shape index (κ2) is 10.9. The van der Waals surface area contributed by atoms with Gasteiger partial charge in [0.25, 0.3) is 0 Å². The van der Waals surface area contributed by atoms with E-state index in [0.29, 0.717) is 32.4 Å². The Morgan fingerprint density at radius 2 is 1.77 bits per heavy atom. The Kier molecular flexibility index (Phi) is 7.70. The van der Waals surface area contributed by atoms with Crippen molar-refractivity contribution in [2.45, 2.75) is 32.1 Å². The zero-order valence-electron chi connectivity index (χ0n) is 20.0. The Hall–Kier alpha value is -3.39. The van der Waals surface area contributed by atoms with E-state index in [1.54, 1.807) is 0 Å². The third-order valence-electron chi connectivity index (χ3n) is 6.80. The van der Waals surface area contributed by atoms with E-state index >= 15 is 0 Å². The molecule has 0 saturated carbocycles. The number of alkyl carbamates (subject to hydrolysis) is 1. The molecule has 1 aliphatic heterocycles. The lowest BCUT2D eigenvalue weighted by atomic mass is 9.80. The molecule has 0 aromatic heterocycles. The number of amides is 2. The smallest absolute Gasteiger partial charge is 0.407 e. The average Bonchev–Trinajstić information content (AvgIpc) is 3.19. The number of carbonyl (C=O) groups is 3. The molecule has 1 aliphatic carbocycles. The summed E-state index contributed by atoms with van der Waals surface area (Å²) in [7, 11) is 0. The van der Waals surface area contributed by atoms with Gasteiger partial charge in [-0.2, -0.15) is 0 Å². The minimum Gasteiger partial charge on any atom is -0.480 e. The summed E-state index contributed by atoms with van der Waals surface area (Å²) in [5.74, 6) is -1.43. The molecule has 2 amide bonds. The van der Waals surface area contributed by atoms with Gasteiger partial charge in [0, 0.05) is 25.6 Å². The van der Waals surface area contributed by atoms with Crippen molar-refractivity contribution in [3.63, 3.8) is 0 Å². The van der Waals surface area contributed by atoms with Crippen molar-refractivity contribution in [2.24, 2.45) is 5.41 Å². The number of carboxylic acids is 1. The molecule has 186 valence electrons. The quantitative estimate of drug-likeness (QED) is 0.568. The first-order valence-corrected chi connectivity index (χ1v) is 12.1. The van der Waals surface area contributed by atoms with Crippen LogP contribution >= 0.6 is 0 Å². The maximum atomic E-state index is 13.4. The number of carbonyl (C=O) groups excluding carboxylic acids is 2. The molecule has 0 spiro atoms. The van der Waals surface area contributed by atoms with Crippen LogP contribution in [-0.2, 0) is 19.1 Å². The number of carboxylic acid groups (broad SMARTS) is 1. The van der Waals surface area contributed by atoms with E-state index in [0.717, 1.165) is 22.3 Å². The van der Waals surface area contributed by atoms with Crippen LogP contribution in [-0.4, -0.2) is 67.4 Å². The lowest BCUT2D eigenvalue weighted by Crippen LogP contribution is -2.55. The van der Waals surface area contributed by atoms with E-state index in [2.05, 4.69) is 29.6 Å². The zero-order chi connectivity index (χ0) is 24.8.